The van der Waals surface area contributed by atoms with Gasteiger partial charge < -0.3 is 24.8 Å². The first-order chi connectivity index (χ1) is 25.6. The van der Waals surface area contributed by atoms with Gasteiger partial charge in [0.1, 0.15) is 6.10 Å². The number of unbranched alkanes of at least 4 members (excludes halogenated alkanes) is 24. The van der Waals surface area contributed by atoms with Gasteiger partial charge >= 0.3 is 0 Å². The van der Waals surface area contributed by atoms with Gasteiger partial charge in [-0.25, -0.2) is 0 Å². The summed E-state index contributed by atoms with van der Waals surface area (Å²) in [7, 11) is 0. The Hall–Kier alpha value is -1.21. The highest BCUT2D eigenvalue weighted by Crippen LogP contribution is 2.14. The standard InChI is InChI=1S/C46H90N2O4/c1-5-9-11-13-15-17-19-21-23-25-27-29-31-33-35-37-40-51-44(43-50-42-39-48(7-3)8-4)45(46(47)49)52-41-38-36-34-32-30-28-26-24-22-20-18-16-14-12-10-6-2/h21-24,44-45H,5-20,25-43H2,1-4H3,(H2,47,49)/b23-21-,24-22-. The van der Waals surface area contributed by atoms with Crippen LogP contribution in [0.2, 0.25) is 0 Å². The summed E-state index contributed by atoms with van der Waals surface area (Å²) in [4.78, 5) is 14.8. The van der Waals surface area contributed by atoms with Crippen LogP contribution < -0.4 is 5.73 Å². The topological polar surface area (TPSA) is 74.0 Å². The minimum Gasteiger partial charge on any atom is -0.377 e. The molecule has 0 saturated heterocycles. The lowest BCUT2D eigenvalue weighted by Crippen LogP contribution is -2.45. The summed E-state index contributed by atoms with van der Waals surface area (Å²) in [5.41, 5.74) is 5.85. The summed E-state index contributed by atoms with van der Waals surface area (Å²) < 4.78 is 18.4. The number of ether oxygens (including phenoxy) is 3. The molecule has 0 bridgehead atoms. The zero-order valence-electron chi connectivity index (χ0n) is 35.4. The van der Waals surface area contributed by atoms with Gasteiger partial charge in [-0.3, -0.25) is 4.79 Å². The predicted octanol–water partition coefficient (Wildman–Crippen LogP) is 12.7. The van der Waals surface area contributed by atoms with Gasteiger partial charge in [-0.1, -0.05) is 168 Å². The first-order valence-electron chi connectivity index (χ1n) is 22.7. The first-order valence-corrected chi connectivity index (χ1v) is 22.7. The van der Waals surface area contributed by atoms with Crippen LogP contribution >= 0.6 is 0 Å². The van der Waals surface area contributed by atoms with E-state index in [4.69, 9.17) is 19.9 Å². The molecule has 6 heteroatoms. The van der Waals surface area contributed by atoms with Gasteiger partial charge in [-0.05, 0) is 77.3 Å². The monoisotopic (exact) mass is 735 g/mol. The zero-order valence-corrected chi connectivity index (χ0v) is 35.4. The van der Waals surface area contributed by atoms with Gasteiger partial charge in [0.15, 0.2) is 6.10 Å². The van der Waals surface area contributed by atoms with Crippen molar-refractivity contribution in [3.8, 4) is 0 Å². The van der Waals surface area contributed by atoms with Crippen molar-refractivity contribution in [2.24, 2.45) is 5.73 Å². The number of nitrogens with two attached hydrogens (primary N) is 1. The molecule has 0 aromatic rings. The third-order valence-electron chi connectivity index (χ3n) is 10.3. The lowest BCUT2D eigenvalue weighted by Gasteiger charge is -2.26. The van der Waals surface area contributed by atoms with Crippen molar-refractivity contribution in [1.82, 2.24) is 4.90 Å². The third-order valence-corrected chi connectivity index (χ3v) is 10.3. The maximum Gasteiger partial charge on any atom is 0.249 e. The number of likely N-dealkylation sites (N-methyl/N-ethyl adjacent to an activating group) is 1. The van der Waals surface area contributed by atoms with E-state index in [1.165, 1.54) is 154 Å². The van der Waals surface area contributed by atoms with Gasteiger partial charge in [0.2, 0.25) is 5.91 Å². The van der Waals surface area contributed by atoms with Crippen LogP contribution in [0.5, 0.6) is 0 Å². The SMILES string of the molecule is CCCCCCCC/C=C\CCCCCCCCOC(COCCN(CC)CC)C(OCCCCCCCC/C=C\CCCCCCCC)C(N)=O. The van der Waals surface area contributed by atoms with Crippen molar-refractivity contribution < 1.29 is 19.0 Å². The molecule has 308 valence electrons. The van der Waals surface area contributed by atoms with Crippen molar-refractivity contribution in [3.05, 3.63) is 24.3 Å². The molecule has 0 spiro atoms. The maximum atomic E-state index is 12.5. The number of amides is 1. The van der Waals surface area contributed by atoms with E-state index in [-0.39, 0.29) is 0 Å². The molecule has 0 rings (SSSR count). The van der Waals surface area contributed by atoms with Crippen molar-refractivity contribution >= 4 is 5.91 Å². The molecule has 0 saturated carbocycles. The Morgan fingerprint density at radius 2 is 0.865 bits per heavy atom. The van der Waals surface area contributed by atoms with Crippen LogP contribution in [0, 0.1) is 0 Å². The normalized spacial score (nSPS) is 13.2. The smallest absolute Gasteiger partial charge is 0.249 e. The second kappa shape index (κ2) is 42.5. The summed E-state index contributed by atoms with van der Waals surface area (Å²) in [5, 5.41) is 0. The van der Waals surface area contributed by atoms with E-state index in [0.717, 1.165) is 45.3 Å². The number of primary amides is 1. The summed E-state index contributed by atoms with van der Waals surface area (Å²) in [6.07, 6.45) is 43.9. The molecule has 0 heterocycles. The van der Waals surface area contributed by atoms with Crippen LogP contribution in [0.4, 0.5) is 0 Å². The number of hydrogen-bond donors (Lipinski definition) is 1. The number of rotatable bonds is 43. The van der Waals surface area contributed by atoms with Gasteiger partial charge in [0.05, 0.1) is 13.2 Å². The fourth-order valence-corrected chi connectivity index (χ4v) is 6.67. The number of nitrogens with zero attached hydrogens (tertiary/aromatic N) is 1. The minimum atomic E-state index is -0.773. The molecule has 2 N–H and O–H groups in total. The lowest BCUT2D eigenvalue weighted by molar-refractivity contribution is -0.148. The molecule has 2 atom stereocenters. The highest BCUT2D eigenvalue weighted by Gasteiger charge is 2.28. The molecule has 6 nitrogen and oxygen atoms in total. The predicted molar refractivity (Wildman–Crippen MR) is 226 cm³/mol. The largest absolute Gasteiger partial charge is 0.377 e. The van der Waals surface area contributed by atoms with Crippen LogP contribution in [-0.2, 0) is 19.0 Å². The van der Waals surface area contributed by atoms with Crippen LogP contribution in [0.3, 0.4) is 0 Å². The quantitative estimate of drug-likeness (QED) is 0.0499. The Kier molecular flexibility index (Phi) is 41.5. The summed E-state index contributed by atoms with van der Waals surface area (Å²) in [6.45, 7) is 13.8. The Morgan fingerprint density at radius 3 is 1.25 bits per heavy atom. The van der Waals surface area contributed by atoms with Crippen molar-refractivity contribution in [2.45, 2.75) is 220 Å². The van der Waals surface area contributed by atoms with Crippen molar-refractivity contribution in [3.63, 3.8) is 0 Å². The maximum absolute atomic E-state index is 12.5. The van der Waals surface area contributed by atoms with Crippen LogP contribution in [-0.4, -0.2) is 69.1 Å². The highest BCUT2D eigenvalue weighted by molar-refractivity contribution is 5.79. The van der Waals surface area contributed by atoms with Crippen LogP contribution in [0.25, 0.3) is 0 Å². The average molecular weight is 735 g/mol. The Bertz CT molecular complexity index is 769. The second-order valence-electron chi connectivity index (χ2n) is 15.1. The molecular weight excluding hydrogens is 645 g/mol. The summed E-state index contributed by atoms with van der Waals surface area (Å²) in [5.74, 6) is -0.456. The van der Waals surface area contributed by atoms with E-state index in [0.29, 0.717) is 26.4 Å². The van der Waals surface area contributed by atoms with E-state index < -0.39 is 18.1 Å². The first kappa shape index (κ1) is 50.8. The molecule has 0 aliphatic rings. The fraction of sp³-hybridized carbons (Fsp3) is 0.891. The lowest BCUT2D eigenvalue weighted by atomic mass is 10.1. The number of hydrogen-bond acceptors (Lipinski definition) is 5. The molecule has 1 amide bonds. The van der Waals surface area contributed by atoms with Crippen molar-refractivity contribution in [2.75, 3.05) is 46.1 Å². The Morgan fingerprint density at radius 1 is 0.500 bits per heavy atom. The van der Waals surface area contributed by atoms with E-state index in [1.807, 2.05) is 0 Å². The molecule has 0 aromatic carbocycles. The molecule has 0 aliphatic carbocycles. The Labute approximate surface area is 324 Å². The van der Waals surface area contributed by atoms with E-state index in [2.05, 4.69) is 56.9 Å². The van der Waals surface area contributed by atoms with Crippen LogP contribution in [0.1, 0.15) is 207 Å². The Balaban J connectivity index is 4.25. The summed E-state index contributed by atoms with van der Waals surface area (Å²) in [6, 6.07) is 0. The fourth-order valence-electron chi connectivity index (χ4n) is 6.67. The third kappa shape index (κ3) is 35.8. The van der Waals surface area contributed by atoms with Crippen molar-refractivity contribution in [1.29, 1.82) is 0 Å². The molecule has 0 aliphatic heterocycles. The number of carbonyl (C=O) groups excluding carboxylic acids is 1. The molecule has 2 unspecified atom stereocenters. The molecule has 0 radical (unpaired) electrons. The van der Waals surface area contributed by atoms with Crippen LogP contribution in [0.15, 0.2) is 24.3 Å². The van der Waals surface area contributed by atoms with E-state index in [1.54, 1.807) is 0 Å². The van der Waals surface area contributed by atoms with E-state index >= 15 is 0 Å². The zero-order chi connectivity index (χ0) is 38.0. The minimum absolute atomic E-state index is 0.328. The number of allylic oxidation sites excluding steroid dienone is 4. The summed E-state index contributed by atoms with van der Waals surface area (Å²) >= 11 is 0. The van der Waals surface area contributed by atoms with Gasteiger partial charge in [0.25, 0.3) is 0 Å². The van der Waals surface area contributed by atoms with Gasteiger partial charge in [0, 0.05) is 19.8 Å². The molecule has 0 fully saturated rings. The molecule has 0 aromatic heterocycles. The van der Waals surface area contributed by atoms with E-state index in [9.17, 15) is 4.79 Å². The van der Waals surface area contributed by atoms with Gasteiger partial charge in [-0.15, -0.1) is 0 Å². The molecular formula is C46H90N2O4. The number of carbonyl (C=O) groups is 1. The highest BCUT2D eigenvalue weighted by atomic mass is 16.6. The average Bonchev–Trinajstić information content (AvgIpc) is 3.15. The second-order valence-corrected chi connectivity index (χ2v) is 15.1. The molecule has 52 heavy (non-hydrogen) atoms. The van der Waals surface area contributed by atoms with Gasteiger partial charge in [-0.2, -0.15) is 0 Å².